The molecule has 3 heterocycles. The summed E-state index contributed by atoms with van der Waals surface area (Å²) in [6, 6.07) is 9.27. The number of benzene rings is 1. The second-order valence-electron chi connectivity index (χ2n) is 4.70. The molecule has 0 amide bonds. The van der Waals surface area contributed by atoms with Crippen LogP contribution in [0, 0.1) is 0 Å². The number of nitrogens with zero attached hydrogens (tertiary/aromatic N) is 1. The highest BCUT2D eigenvalue weighted by Gasteiger charge is 2.08. The van der Waals surface area contributed by atoms with Crippen LogP contribution >= 0.6 is 11.3 Å². The van der Waals surface area contributed by atoms with Crippen LogP contribution < -0.4 is 11.1 Å². The van der Waals surface area contributed by atoms with Crippen LogP contribution in [0.2, 0.25) is 0 Å². The Morgan fingerprint density at radius 3 is 3.14 bits per heavy atom. The molecule has 0 atom stereocenters. The zero-order chi connectivity index (χ0) is 14.9. The number of aromatic nitrogens is 2. The number of anilines is 1. The van der Waals surface area contributed by atoms with Gasteiger partial charge in [-0.25, -0.2) is 9.78 Å². The van der Waals surface area contributed by atoms with E-state index < -0.39 is 5.76 Å². The average Bonchev–Trinajstić information content (AvgIpc) is 3.24. The predicted octanol–water partition coefficient (Wildman–Crippen LogP) is 3.45. The first-order valence-corrected chi connectivity index (χ1v) is 7.51. The summed E-state index contributed by atoms with van der Waals surface area (Å²) in [6.07, 6.45) is 1.64. The molecule has 0 aliphatic rings. The molecule has 0 aliphatic carbocycles. The van der Waals surface area contributed by atoms with Gasteiger partial charge in [0.2, 0.25) is 0 Å². The van der Waals surface area contributed by atoms with Crippen molar-refractivity contribution in [2.45, 2.75) is 6.54 Å². The lowest BCUT2D eigenvalue weighted by molar-refractivity contribution is 0.518. The van der Waals surface area contributed by atoms with Crippen molar-refractivity contribution in [2.24, 2.45) is 0 Å². The first-order valence-electron chi connectivity index (χ1n) is 6.63. The molecule has 0 fully saturated rings. The Kier molecular flexibility index (Phi) is 3.05. The molecule has 6 nitrogen and oxygen atoms in total. The van der Waals surface area contributed by atoms with Crippen LogP contribution in [0.25, 0.3) is 22.4 Å². The first kappa shape index (κ1) is 12.9. The summed E-state index contributed by atoms with van der Waals surface area (Å²) in [5, 5.41) is 5.97. The van der Waals surface area contributed by atoms with Crippen molar-refractivity contribution >= 4 is 27.6 Å². The summed E-state index contributed by atoms with van der Waals surface area (Å²) >= 11 is 1.51. The third-order valence-corrected chi connectivity index (χ3v) is 4.01. The smallest absolute Gasteiger partial charge is 0.417 e. The molecule has 2 N–H and O–H groups in total. The van der Waals surface area contributed by atoms with E-state index in [2.05, 4.69) is 15.3 Å². The SMILES string of the molecule is O=c1[nH]c2ccc(-c3csc(NCc4ccco4)n3)cc2o1. The van der Waals surface area contributed by atoms with Crippen molar-refractivity contribution in [3.63, 3.8) is 0 Å². The maximum Gasteiger partial charge on any atom is 0.417 e. The molecule has 7 heteroatoms. The highest BCUT2D eigenvalue weighted by atomic mass is 32.1. The van der Waals surface area contributed by atoms with Gasteiger partial charge in [-0.1, -0.05) is 6.07 Å². The predicted molar refractivity (Wildman–Crippen MR) is 84.0 cm³/mol. The van der Waals surface area contributed by atoms with Crippen LogP contribution in [0.4, 0.5) is 5.13 Å². The van der Waals surface area contributed by atoms with E-state index in [9.17, 15) is 4.79 Å². The summed E-state index contributed by atoms with van der Waals surface area (Å²) in [5.41, 5.74) is 2.94. The van der Waals surface area contributed by atoms with Crippen molar-refractivity contribution in [3.05, 3.63) is 58.3 Å². The second-order valence-corrected chi connectivity index (χ2v) is 5.55. The van der Waals surface area contributed by atoms with Crippen molar-refractivity contribution in [2.75, 3.05) is 5.32 Å². The number of hydrogen-bond donors (Lipinski definition) is 2. The van der Waals surface area contributed by atoms with E-state index in [4.69, 9.17) is 8.83 Å². The van der Waals surface area contributed by atoms with Gasteiger partial charge in [-0.2, -0.15) is 0 Å². The maximum absolute atomic E-state index is 11.2. The van der Waals surface area contributed by atoms with Crippen molar-refractivity contribution in [1.29, 1.82) is 0 Å². The monoisotopic (exact) mass is 313 g/mol. The lowest BCUT2D eigenvalue weighted by Crippen LogP contribution is -1.97. The Balaban J connectivity index is 1.57. The third-order valence-electron chi connectivity index (χ3n) is 3.21. The molecule has 3 aromatic heterocycles. The van der Waals surface area contributed by atoms with Gasteiger partial charge >= 0.3 is 5.76 Å². The van der Waals surface area contributed by atoms with Gasteiger partial charge in [0, 0.05) is 10.9 Å². The van der Waals surface area contributed by atoms with Crippen molar-refractivity contribution in [1.82, 2.24) is 9.97 Å². The third kappa shape index (κ3) is 2.42. The highest BCUT2D eigenvalue weighted by Crippen LogP contribution is 2.27. The van der Waals surface area contributed by atoms with E-state index in [0.717, 1.165) is 22.1 Å². The van der Waals surface area contributed by atoms with Gasteiger partial charge in [0.15, 0.2) is 10.7 Å². The Hall–Kier alpha value is -2.80. The quantitative estimate of drug-likeness (QED) is 0.603. The van der Waals surface area contributed by atoms with Gasteiger partial charge < -0.3 is 14.2 Å². The van der Waals surface area contributed by atoms with Crippen LogP contribution in [0.15, 0.2) is 55.6 Å². The van der Waals surface area contributed by atoms with Crippen LogP contribution in [0.1, 0.15) is 5.76 Å². The fourth-order valence-corrected chi connectivity index (χ4v) is 2.89. The average molecular weight is 313 g/mol. The molecule has 1 aromatic carbocycles. The number of aromatic amines is 1. The minimum Gasteiger partial charge on any atom is -0.467 e. The molecular weight excluding hydrogens is 302 g/mol. The van der Waals surface area contributed by atoms with Crippen LogP contribution in [0.3, 0.4) is 0 Å². The number of nitrogens with one attached hydrogen (secondary N) is 2. The van der Waals surface area contributed by atoms with Gasteiger partial charge in [-0.05, 0) is 24.3 Å². The molecule has 110 valence electrons. The minimum atomic E-state index is -0.453. The molecular formula is C15H11N3O3S. The Morgan fingerprint density at radius 2 is 2.27 bits per heavy atom. The molecule has 0 unspecified atom stereocenters. The van der Waals surface area contributed by atoms with Gasteiger partial charge in [0.05, 0.1) is 24.0 Å². The van der Waals surface area contributed by atoms with Crippen molar-refractivity contribution in [3.8, 4) is 11.3 Å². The van der Waals surface area contributed by atoms with E-state index in [1.807, 2.05) is 29.6 Å². The summed E-state index contributed by atoms with van der Waals surface area (Å²) < 4.78 is 10.3. The molecule has 0 radical (unpaired) electrons. The summed E-state index contributed by atoms with van der Waals surface area (Å²) in [5.74, 6) is 0.401. The molecule has 0 aliphatic heterocycles. The normalized spacial score (nSPS) is 11.1. The van der Waals surface area contributed by atoms with Gasteiger partial charge in [0.1, 0.15) is 5.76 Å². The maximum atomic E-state index is 11.2. The molecule has 0 spiro atoms. The van der Waals surface area contributed by atoms with Gasteiger partial charge in [-0.15, -0.1) is 11.3 Å². The fraction of sp³-hybridized carbons (Fsp3) is 0.0667. The van der Waals surface area contributed by atoms with E-state index in [1.165, 1.54) is 11.3 Å². The topological polar surface area (TPSA) is 84.1 Å². The van der Waals surface area contributed by atoms with Crippen LogP contribution in [-0.2, 0) is 6.54 Å². The first-order chi connectivity index (χ1) is 10.8. The van der Waals surface area contributed by atoms with Crippen LogP contribution in [-0.4, -0.2) is 9.97 Å². The number of furan rings is 1. The van der Waals surface area contributed by atoms with E-state index in [0.29, 0.717) is 17.6 Å². The van der Waals surface area contributed by atoms with Gasteiger partial charge in [-0.3, -0.25) is 4.98 Å². The number of thiazole rings is 1. The zero-order valence-electron chi connectivity index (χ0n) is 11.3. The number of rotatable bonds is 4. The number of oxazole rings is 1. The fourth-order valence-electron chi connectivity index (χ4n) is 2.17. The zero-order valence-corrected chi connectivity index (χ0v) is 12.1. The largest absolute Gasteiger partial charge is 0.467 e. The Morgan fingerprint density at radius 1 is 1.32 bits per heavy atom. The molecule has 22 heavy (non-hydrogen) atoms. The molecule has 4 rings (SSSR count). The van der Waals surface area contributed by atoms with Crippen molar-refractivity contribution < 1.29 is 8.83 Å². The molecule has 0 bridgehead atoms. The number of fused-ring (bicyclic) bond motifs is 1. The molecule has 0 saturated heterocycles. The van der Waals surface area contributed by atoms with Gasteiger partial charge in [0.25, 0.3) is 0 Å². The minimum absolute atomic E-state index is 0.453. The summed E-state index contributed by atoms with van der Waals surface area (Å²) in [7, 11) is 0. The van der Waals surface area contributed by atoms with E-state index in [1.54, 1.807) is 12.3 Å². The Labute approximate surface area is 128 Å². The molecule has 0 saturated carbocycles. The highest BCUT2D eigenvalue weighted by molar-refractivity contribution is 7.14. The lowest BCUT2D eigenvalue weighted by atomic mass is 10.1. The lowest BCUT2D eigenvalue weighted by Gasteiger charge is -1.99. The second kappa shape index (κ2) is 5.19. The van der Waals surface area contributed by atoms with Crippen LogP contribution in [0.5, 0.6) is 0 Å². The van der Waals surface area contributed by atoms with E-state index >= 15 is 0 Å². The molecule has 4 aromatic rings. The summed E-state index contributed by atoms with van der Waals surface area (Å²) in [4.78, 5) is 18.3. The summed E-state index contributed by atoms with van der Waals surface area (Å²) in [6.45, 7) is 0.589. The van der Waals surface area contributed by atoms with E-state index in [-0.39, 0.29) is 0 Å². The number of H-pyrrole nitrogens is 1. The Bertz CT molecular complexity index is 965. The standard InChI is InChI=1S/C15H11N3O3S/c19-15-18-11-4-3-9(6-13(11)21-15)12-8-22-14(17-12)16-7-10-2-1-5-20-10/h1-6,8H,7H2,(H,16,17)(H,18,19). The number of hydrogen-bond acceptors (Lipinski definition) is 6.